The third kappa shape index (κ3) is 3.52. The van der Waals surface area contributed by atoms with Crippen LogP contribution in [0.5, 0.6) is 5.75 Å². The van der Waals surface area contributed by atoms with Crippen LogP contribution < -0.4 is 0 Å². The zero-order valence-electron chi connectivity index (χ0n) is 18.4. The van der Waals surface area contributed by atoms with Crippen molar-refractivity contribution in [2.24, 2.45) is 0 Å². The number of ether oxygens (including phenoxy) is 1. The third-order valence-corrected chi connectivity index (χ3v) is 6.50. The molecule has 162 valence electrons. The molecule has 0 heterocycles. The zero-order chi connectivity index (χ0) is 22.8. The van der Waals surface area contributed by atoms with Gasteiger partial charge in [-0.05, 0) is 34.7 Å². The fourth-order valence-electron chi connectivity index (χ4n) is 4.87. The topological polar surface area (TPSA) is 46.5 Å². The Hall–Kier alpha value is -4.11. The third-order valence-electron chi connectivity index (χ3n) is 6.50. The molecule has 0 bridgehead atoms. The molecule has 0 radical (unpaired) electrons. The van der Waals surface area contributed by atoms with Gasteiger partial charge in [0.15, 0.2) is 0 Å². The first-order valence-electron chi connectivity index (χ1n) is 11.0. The van der Waals surface area contributed by atoms with Crippen LogP contribution in [0.25, 0.3) is 17.2 Å². The van der Waals surface area contributed by atoms with E-state index in [4.69, 9.17) is 4.74 Å². The highest BCUT2D eigenvalue weighted by molar-refractivity contribution is 6.02. The average molecular weight is 433 g/mol. The highest BCUT2D eigenvalue weighted by Gasteiger charge is 2.36. The Bertz CT molecular complexity index is 1300. The van der Waals surface area contributed by atoms with Gasteiger partial charge in [0, 0.05) is 16.5 Å². The van der Waals surface area contributed by atoms with Crippen molar-refractivity contribution in [3.63, 3.8) is 0 Å². The Kier molecular flexibility index (Phi) is 5.31. The largest absolute Gasteiger partial charge is 0.507 e. The fraction of sp³-hybridized carbons (Fsp3) is 0.100. The molecule has 0 atom stereocenters. The first-order valence-corrected chi connectivity index (χ1v) is 11.0. The normalized spacial score (nSPS) is 13.8. The second-order valence-corrected chi connectivity index (χ2v) is 8.28. The number of fused-ring (bicyclic) bond motifs is 1. The first-order chi connectivity index (χ1) is 16.1. The van der Waals surface area contributed by atoms with Gasteiger partial charge in [0.25, 0.3) is 0 Å². The summed E-state index contributed by atoms with van der Waals surface area (Å²) in [5.74, 6) is -0.285. The molecule has 3 nitrogen and oxygen atoms in total. The molecule has 4 aromatic carbocycles. The van der Waals surface area contributed by atoms with E-state index in [9.17, 15) is 9.90 Å². The number of phenolic OH excluding ortho intramolecular Hbond substituents is 1. The predicted molar refractivity (Wildman–Crippen MR) is 131 cm³/mol. The number of esters is 1. The van der Waals surface area contributed by atoms with Crippen molar-refractivity contribution >= 4 is 12.0 Å². The lowest BCUT2D eigenvalue weighted by Gasteiger charge is -2.36. The summed E-state index contributed by atoms with van der Waals surface area (Å²) in [5.41, 5.74) is 5.69. The fourth-order valence-corrected chi connectivity index (χ4v) is 4.87. The van der Waals surface area contributed by atoms with E-state index in [1.54, 1.807) is 12.1 Å². The molecule has 0 aromatic heterocycles. The summed E-state index contributed by atoms with van der Waals surface area (Å²) < 4.78 is 5.17. The SMILES string of the molecule is COC(=O)c1c(-c2ccccc2O)ccc2c1C=CC(c1ccccc1)(c1ccccc1)C2. The predicted octanol–water partition coefficient (Wildman–Crippen LogP) is 6.40. The molecule has 5 rings (SSSR count). The van der Waals surface area contributed by atoms with Gasteiger partial charge in [-0.2, -0.15) is 0 Å². The summed E-state index contributed by atoms with van der Waals surface area (Å²) in [5, 5.41) is 10.5. The van der Waals surface area contributed by atoms with Crippen LogP contribution in [0, 0.1) is 0 Å². The number of phenols is 1. The lowest BCUT2D eigenvalue weighted by Crippen LogP contribution is -2.31. The molecule has 33 heavy (non-hydrogen) atoms. The lowest BCUT2D eigenvalue weighted by molar-refractivity contribution is 0.0601. The second kappa shape index (κ2) is 8.44. The van der Waals surface area contributed by atoms with Gasteiger partial charge >= 0.3 is 5.97 Å². The maximum atomic E-state index is 13.0. The number of rotatable bonds is 4. The van der Waals surface area contributed by atoms with Gasteiger partial charge in [-0.25, -0.2) is 4.79 Å². The van der Waals surface area contributed by atoms with Gasteiger partial charge in [-0.3, -0.25) is 0 Å². The van der Waals surface area contributed by atoms with E-state index >= 15 is 0 Å². The van der Waals surface area contributed by atoms with Crippen molar-refractivity contribution in [1.29, 1.82) is 0 Å². The molecular weight excluding hydrogens is 408 g/mol. The molecule has 0 saturated carbocycles. The molecule has 4 aromatic rings. The molecule has 1 aliphatic carbocycles. The minimum Gasteiger partial charge on any atom is -0.507 e. The van der Waals surface area contributed by atoms with Crippen molar-refractivity contribution in [2.45, 2.75) is 11.8 Å². The van der Waals surface area contributed by atoms with Gasteiger partial charge < -0.3 is 9.84 Å². The summed E-state index contributed by atoms with van der Waals surface area (Å²) in [6, 6.07) is 31.9. The highest BCUT2D eigenvalue weighted by Crippen LogP contribution is 2.44. The van der Waals surface area contributed by atoms with Crippen LogP contribution in [-0.2, 0) is 16.6 Å². The van der Waals surface area contributed by atoms with Crippen LogP contribution >= 0.6 is 0 Å². The van der Waals surface area contributed by atoms with E-state index in [0.717, 1.165) is 11.1 Å². The number of methoxy groups -OCH3 is 1. The van der Waals surface area contributed by atoms with Crippen molar-refractivity contribution in [3.8, 4) is 16.9 Å². The van der Waals surface area contributed by atoms with Gasteiger partial charge in [-0.1, -0.05) is 103 Å². The van der Waals surface area contributed by atoms with Crippen LogP contribution in [0.4, 0.5) is 0 Å². The Labute approximate surface area is 193 Å². The van der Waals surface area contributed by atoms with Crippen LogP contribution in [0.3, 0.4) is 0 Å². The van der Waals surface area contributed by atoms with Crippen molar-refractivity contribution in [3.05, 3.63) is 131 Å². The lowest BCUT2D eigenvalue weighted by atomic mass is 9.66. The van der Waals surface area contributed by atoms with E-state index in [0.29, 0.717) is 23.1 Å². The molecule has 3 heteroatoms. The van der Waals surface area contributed by atoms with Gasteiger partial charge in [0.1, 0.15) is 5.75 Å². The number of benzene rings is 4. The number of para-hydroxylation sites is 1. The van der Waals surface area contributed by atoms with Crippen molar-refractivity contribution < 1.29 is 14.6 Å². The van der Waals surface area contributed by atoms with Gasteiger partial charge in [-0.15, -0.1) is 0 Å². The average Bonchev–Trinajstić information content (AvgIpc) is 2.88. The number of allylic oxidation sites excluding steroid dienone is 1. The molecule has 0 fully saturated rings. The summed E-state index contributed by atoms with van der Waals surface area (Å²) in [4.78, 5) is 13.0. The van der Waals surface area contributed by atoms with E-state index in [1.165, 1.54) is 18.2 Å². The number of hydrogen-bond donors (Lipinski definition) is 1. The Morgan fingerprint density at radius 1 is 0.788 bits per heavy atom. The number of carbonyl (C=O) groups is 1. The molecule has 0 aliphatic heterocycles. The monoisotopic (exact) mass is 432 g/mol. The van der Waals surface area contributed by atoms with Crippen LogP contribution in [0.1, 0.15) is 32.6 Å². The summed E-state index contributed by atoms with van der Waals surface area (Å²) in [6.45, 7) is 0. The maximum absolute atomic E-state index is 13.0. The standard InChI is InChI=1S/C30H24O3/c1-33-29(32)28-24-18-19-30(22-10-4-2-5-11-22,23-12-6-3-7-13-23)20-21(24)16-17-26(28)25-14-8-9-15-27(25)31/h2-19,31H,20H2,1H3. The molecular formula is C30H24O3. The molecule has 0 amide bonds. The first kappa shape index (κ1) is 20.8. The van der Waals surface area contributed by atoms with Crippen molar-refractivity contribution in [1.82, 2.24) is 0 Å². The second-order valence-electron chi connectivity index (χ2n) is 8.28. The summed E-state index contributed by atoms with van der Waals surface area (Å²) >= 11 is 0. The van der Waals surface area contributed by atoms with Crippen LogP contribution in [-0.4, -0.2) is 18.2 Å². The van der Waals surface area contributed by atoms with Crippen LogP contribution in [0.15, 0.2) is 103 Å². The number of hydrogen-bond acceptors (Lipinski definition) is 3. The minimum absolute atomic E-state index is 0.130. The molecule has 0 spiro atoms. The smallest absolute Gasteiger partial charge is 0.339 e. The van der Waals surface area contributed by atoms with E-state index in [-0.39, 0.29) is 11.2 Å². The molecule has 1 aliphatic rings. The van der Waals surface area contributed by atoms with E-state index < -0.39 is 5.97 Å². The Morgan fingerprint density at radius 3 is 2.00 bits per heavy atom. The zero-order valence-corrected chi connectivity index (χ0v) is 18.4. The summed E-state index contributed by atoms with van der Waals surface area (Å²) in [6.07, 6.45) is 4.94. The Morgan fingerprint density at radius 2 is 1.39 bits per heavy atom. The van der Waals surface area contributed by atoms with Gasteiger partial charge in [0.2, 0.25) is 0 Å². The van der Waals surface area contributed by atoms with E-state index in [2.05, 4.69) is 60.7 Å². The molecule has 0 unspecified atom stereocenters. The Balaban J connectivity index is 1.73. The maximum Gasteiger partial charge on any atom is 0.339 e. The van der Waals surface area contributed by atoms with E-state index in [1.807, 2.05) is 36.4 Å². The number of aromatic hydroxyl groups is 1. The number of carbonyl (C=O) groups excluding carboxylic acids is 1. The highest BCUT2D eigenvalue weighted by atomic mass is 16.5. The molecule has 0 saturated heterocycles. The molecule has 1 N–H and O–H groups in total. The van der Waals surface area contributed by atoms with Crippen LogP contribution in [0.2, 0.25) is 0 Å². The summed E-state index contributed by atoms with van der Waals surface area (Å²) in [7, 11) is 1.39. The van der Waals surface area contributed by atoms with Crippen molar-refractivity contribution in [2.75, 3.05) is 7.11 Å². The quantitative estimate of drug-likeness (QED) is 0.380. The minimum atomic E-state index is -0.415. The van der Waals surface area contributed by atoms with Gasteiger partial charge in [0.05, 0.1) is 12.7 Å².